The van der Waals surface area contributed by atoms with Crippen molar-refractivity contribution in [2.24, 2.45) is 0 Å². The maximum Gasteiger partial charge on any atom is 0.342 e. The van der Waals surface area contributed by atoms with Crippen molar-refractivity contribution >= 4 is 33.6 Å². The van der Waals surface area contributed by atoms with Gasteiger partial charge in [0.25, 0.3) is 0 Å². The molecule has 2 heterocycles. The lowest BCUT2D eigenvalue weighted by molar-refractivity contribution is -0.122. The first-order valence-electron chi connectivity index (χ1n) is 15.7. The predicted octanol–water partition coefficient (Wildman–Crippen LogP) is 3.40. The van der Waals surface area contributed by atoms with Gasteiger partial charge in [-0.05, 0) is 61.9 Å². The van der Waals surface area contributed by atoms with E-state index >= 15 is 0 Å². The van der Waals surface area contributed by atoms with Crippen molar-refractivity contribution < 1.29 is 57.1 Å². The van der Waals surface area contributed by atoms with Crippen LogP contribution in [0.4, 0.5) is 0 Å². The number of aromatic hydroxyl groups is 2. The number of phenolic OH excluding ortho intramolecular Hbond substituents is 2. The van der Waals surface area contributed by atoms with E-state index in [9.17, 15) is 38.1 Å². The van der Waals surface area contributed by atoms with Crippen LogP contribution in [-0.4, -0.2) is 92.5 Å². The summed E-state index contributed by atoms with van der Waals surface area (Å²) in [5.74, 6) is -3.93. The van der Waals surface area contributed by atoms with E-state index in [1.807, 2.05) is 0 Å². The molecule has 2 aliphatic heterocycles. The van der Waals surface area contributed by atoms with Crippen LogP contribution in [0.2, 0.25) is 0 Å². The van der Waals surface area contributed by atoms with Gasteiger partial charge in [-0.2, -0.15) is 0 Å². The van der Waals surface area contributed by atoms with E-state index < -0.39 is 75.3 Å². The number of phenols is 2. The minimum atomic E-state index is -3.57. The molecule has 2 aromatic carbocycles. The zero-order chi connectivity index (χ0) is 35.2. The third-order valence-electron chi connectivity index (χ3n) is 8.55. The second kappa shape index (κ2) is 15.7. The number of nitrogens with one attached hydrogen (secondary N) is 1. The minimum Gasteiger partial charge on any atom is -0.507 e. The summed E-state index contributed by atoms with van der Waals surface area (Å²) in [5, 5.41) is 36.1. The Labute approximate surface area is 279 Å². The van der Waals surface area contributed by atoms with E-state index in [1.165, 1.54) is 39.5 Å². The van der Waals surface area contributed by atoms with Gasteiger partial charge in [0, 0.05) is 30.7 Å². The number of fused-ring (bicyclic) bond motifs is 1. The molecule has 13 nitrogen and oxygen atoms in total. The van der Waals surface area contributed by atoms with Crippen LogP contribution in [0.3, 0.4) is 0 Å². The summed E-state index contributed by atoms with van der Waals surface area (Å²) >= 11 is 0. The summed E-state index contributed by atoms with van der Waals surface area (Å²) in [5.41, 5.74) is 0.0750. The number of aliphatic hydroxyl groups excluding tert-OH is 1. The molecule has 1 saturated heterocycles. The van der Waals surface area contributed by atoms with E-state index in [-0.39, 0.29) is 39.7 Å². The molecule has 262 valence electrons. The molecule has 2 aliphatic rings. The number of hydrogen-bond donors (Lipinski definition) is 4. The number of hydrogen-bond acceptors (Lipinski definition) is 12. The lowest BCUT2D eigenvalue weighted by Gasteiger charge is -2.25. The van der Waals surface area contributed by atoms with E-state index in [1.54, 1.807) is 19.1 Å². The molecular weight excluding hydrogens is 646 g/mol. The van der Waals surface area contributed by atoms with Gasteiger partial charge in [0.2, 0.25) is 11.7 Å². The molecule has 14 heteroatoms. The first kappa shape index (κ1) is 36.5. The Morgan fingerprint density at radius 3 is 2.29 bits per heavy atom. The van der Waals surface area contributed by atoms with Crippen LogP contribution in [0.15, 0.2) is 24.3 Å². The number of ketones is 1. The number of methoxy groups -OCH3 is 3. The van der Waals surface area contributed by atoms with Gasteiger partial charge in [-0.15, -0.1) is 0 Å². The van der Waals surface area contributed by atoms with Crippen molar-refractivity contribution in [3.8, 4) is 28.7 Å². The number of allylic oxidation sites excluding steroid dienone is 1. The molecule has 0 saturated carbocycles. The van der Waals surface area contributed by atoms with E-state index in [2.05, 4.69) is 5.32 Å². The highest BCUT2D eigenvalue weighted by Gasteiger charge is 2.38. The highest BCUT2D eigenvalue weighted by atomic mass is 32.2. The minimum absolute atomic E-state index is 0.130. The van der Waals surface area contributed by atoms with Gasteiger partial charge in [0.1, 0.15) is 22.8 Å². The van der Waals surface area contributed by atoms with Crippen LogP contribution in [0, 0.1) is 0 Å². The van der Waals surface area contributed by atoms with Crippen LogP contribution < -0.4 is 19.5 Å². The highest BCUT2D eigenvalue weighted by Crippen LogP contribution is 2.47. The number of cyclic esters (lactones) is 1. The van der Waals surface area contributed by atoms with Gasteiger partial charge in [-0.25, -0.2) is 13.2 Å². The molecule has 4 atom stereocenters. The summed E-state index contributed by atoms with van der Waals surface area (Å²) in [6.07, 6.45) is 3.76. The first-order chi connectivity index (χ1) is 22.8. The van der Waals surface area contributed by atoms with Gasteiger partial charge in [-0.3, -0.25) is 9.59 Å². The molecule has 1 fully saturated rings. The van der Waals surface area contributed by atoms with Crippen molar-refractivity contribution in [1.82, 2.24) is 5.32 Å². The zero-order valence-corrected chi connectivity index (χ0v) is 28.3. The van der Waals surface area contributed by atoms with Gasteiger partial charge >= 0.3 is 5.97 Å². The number of carbonyl (C=O) groups is 3. The second-order valence-corrected chi connectivity index (χ2v) is 14.3. The Hall–Kier alpha value is -4.30. The number of carbonyl (C=O) groups excluding carboxylic acids is 3. The van der Waals surface area contributed by atoms with Crippen LogP contribution in [0.25, 0.3) is 6.08 Å². The maximum atomic E-state index is 13.6. The molecule has 48 heavy (non-hydrogen) atoms. The summed E-state index contributed by atoms with van der Waals surface area (Å²) in [6, 6.07) is 3.29. The molecule has 4 rings (SSSR count). The molecule has 2 aromatic rings. The van der Waals surface area contributed by atoms with Crippen molar-refractivity contribution in [1.29, 1.82) is 0 Å². The third-order valence-corrected chi connectivity index (χ3v) is 10.3. The fraction of sp³-hybridized carbons (Fsp3) is 0.500. The monoisotopic (exact) mass is 689 g/mol. The highest BCUT2D eigenvalue weighted by molar-refractivity contribution is 7.91. The van der Waals surface area contributed by atoms with Gasteiger partial charge in [-0.1, -0.05) is 12.2 Å². The fourth-order valence-electron chi connectivity index (χ4n) is 6.13. The Kier molecular flexibility index (Phi) is 12.0. The van der Waals surface area contributed by atoms with Crippen molar-refractivity contribution in [3.05, 3.63) is 46.5 Å². The summed E-state index contributed by atoms with van der Waals surface area (Å²) < 4.78 is 46.3. The lowest BCUT2D eigenvalue weighted by atomic mass is 9.84. The van der Waals surface area contributed by atoms with Gasteiger partial charge < -0.3 is 39.6 Å². The maximum absolute atomic E-state index is 13.6. The van der Waals surface area contributed by atoms with E-state index in [0.717, 1.165) is 0 Å². The molecule has 0 bridgehead atoms. The van der Waals surface area contributed by atoms with Crippen LogP contribution in [0.1, 0.15) is 84.8 Å². The number of ether oxygens (including phenoxy) is 4. The molecule has 0 radical (unpaired) electrons. The number of esters is 1. The Morgan fingerprint density at radius 1 is 1.02 bits per heavy atom. The molecule has 1 amide bonds. The molecule has 0 aromatic heterocycles. The zero-order valence-electron chi connectivity index (χ0n) is 27.5. The number of benzene rings is 2. The van der Waals surface area contributed by atoms with E-state index in [0.29, 0.717) is 44.1 Å². The number of amides is 1. The molecular formula is C34H43NO12S. The summed E-state index contributed by atoms with van der Waals surface area (Å²) in [6.45, 7) is 1.68. The van der Waals surface area contributed by atoms with Crippen molar-refractivity contribution in [3.63, 3.8) is 0 Å². The standard InChI is InChI=1S/C34H43NO12S/c1-19-9-8-12-22(36)11-7-5-6-10-20-13-25(37)31(32(40)30(20)34(41)47-19)23(16-29(39)35-24-17-48(42,43)18-26(24)38)21-14-27(44-2)33(46-4)28(15-21)45-3/h6,10,13-15,19,23-24,26,37-38,40H,5,7-9,11-12,16-18H2,1-4H3,(H,35,39). The smallest absolute Gasteiger partial charge is 0.342 e. The van der Waals surface area contributed by atoms with Crippen molar-refractivity contribution in [2.75, 3.05) is 32.8 Å². The van der Waals surface area contributed by atoms with Crippen molar-refractivity contribution in [2.45, 2.75) is 76.0 Å². The Balaban J connectivity index is 1.86. The summed E-state index contributed by atoms with van der Waals surface area (Å²) in [7, 11) is 0.627. The molecule has 0 aliphatic carbocycles. The number of rotatable bonds is 8. The fourth-order valence-corrected chi connectivity index (χ4v) is 7.87. The lowest BCUT2D eigenvalue weighted by Crippen LogP contribution is -2.43. The Morgan fingerprint density at radius 2 is 1.69 bits per heavy atom. The predicted molar refractivity (Wildman–Crippen MR) is 176 cm³/mol. The number of Topliss-reactive ketones (excluding diaryl/α,β-unsaturated/α-hetero) is 1. The molecule has 4 unspecified atom stereocenters. The molecule has 4 N–H and O–H groups in total. The summed E-state index contributed by atoms with van der Waals surface area (Å²) in [4.78, 5) is 39.3. The molecule has 0 spiro atoms. The first-order valence-corrected chi connectivity index (χ1v) is 17.6. The normalized spacial score (nSPS) is 22.1. The largest absolute Gasteiger partial charge is 0.507 e. The van der Waals surface area contributed by atoms with Crippen LogP contribution in [-0.2, 0) is 24.2 Å². The van der Waals surface area contributed by atoms with Crippen LogP contribution in [0.5, 0.6) is 28.7 Å². The second-order valence-electron chi connectivity index (χ2n) is 12.1. The van der Waals surface area contributed by atoms with E-state index in [4.69, 9.17) is 18.9 Å². The van der Waals surface area contributed by atoms with Crippen LogP contribution >= 0.6 is 0 Å². The number of aliphatic hydroxyl groups is 1. The SMILES string of the molecule is COc1cc(C(CC(=O)NC2CS(=O)(=O)CC2O)c2c(O)cc3c(c2O)C(=O)OC(C)CCCC(=O)CCCC=C3)cc(OC)c1OC. The topological polar surface area (TPSA) is 195 Å². The quantitative estimate of drug-likeness (QED) is 0.296. The third kappa shape index (κ3) is 8.58. The van der Waals surface area contributed by atoms with Gasteiger partial charge in [0.05, 0.1) is 51.1 Å². The average Bonchev–Trinajstić information content (AvgIpc) is 3.28. The number of sulfone groups is 1. The van der Waals surface area contributed by atoms with Gasteiger partial charge in [0.15, 0.2) is 21.3 Å². The Bertz CT molecular complexity index is 1640. The average molecular weight is 690 g/mol.